The van der Waals surface area contributed by atoms with Crippen molar-refractivity contribution >= 4 is 21.6 Å². The number of amides is 1. The SMILES string of the molecule is CCc1ccccc1NC(=O)c1ccc(F)c(S(=O)(=O)N(CCc2ccccc2)Cc2ccccc2)c1. The van der Waals surface area contributed by atoms with Crippen molar-refractivity contribution in [3.63, 3.8) is 0 Å². The summed E-state index contributed by atoms with van der Waals surface area (Å²) >= 11 is 0. The molecule has 0 unspecified atom stereocenters. The van der Waals surface area contributed by atoms with E-state index in [1.807, 2.05) is 85.8 Å². The molecule has 0 bridgehead atoms. The number of sulfonamides is 1. The van der Waals surface area contributed by atoms with Crippen LogP contribution < -0.4 is 5.32 Å². The smallest absolute Gasteiger partial charge is 0.255 e. The zero-order valence-electron chi connectivity index (χ0n) is 20.6. The van der Waals surface area contributed by atoms with E-state index in [-0.39, 0.29) is 18.7 Å². The predicted octanol–water partition coefficient (Wildman–Crippen LogP) is 6.07. The predicted molar refractivity (Wildman–Crippen MR) is 144 cm³/mol. The van der Waals surface area contributed by atoms with Crippen molar-refractivity contribution in [1.29, 1.82) is 0 Å². The Hall–Kier alpha value is -3.81. The van der Waals surface area contributed by atoms with Crippen LogP contribution in [0.3, 0.4) is 0 Å². The van der Waals surface area contributed by atoms with Crippen molar-refractivity contribution < 1.29 is 17.6 Å². The Morgan fingerprint density at radius 3 is 2.14 bits per heavy atom. The normalized spacial score (nSPS) is 11.4. The highest BCUT2D eigenvalue weighted by Gasteiger charge is 2.29. The average Bonchev–Trinajstić information content (AvgIpc) is 2.92. The molecule has 5 nitrogen and oxygen atoms in total. The number of aryl methyl sites for hydroxylation is 1. The first-order valence-electron chi connectivity index (χ1n) is 12.2. The summed E-state index contributed by atoms with van der Waals surface area (Å²) in [4.78, 5) is 12.5. The zero-order valence-corrected chi connectivity index (χ0v) is 21.4. The Morgan fingerprint density at radius 1 is 0.838 bits per heavy atom. The lowest BCUT2D eigenvalue weighted by molar-refractivity contribution is 0.102. The molecule has 0 aliphatic rings. The molecule has 7 heteroatoms. The van der Waals surface area contributed by atoms with E-state index in [0.29, 0.717) is 12.1 Å². The summed E-state index contributed by atoms with van der Waals surface area (Å²) in [6, 6.07) is 29.5. The van der Waals surface area contributed by atoms with Gasteiger partial charge in [0, 0.05) is 24.3 Å². The van der Waals surface area contributed by atoms with Crippen molar-refractivity contribution in [2.75, 3.05) is 11.9 Å². The first kappa shape index (κ1) is 26.3. The van der Waals surface area contributed by atoms with E-state index < -0.39 is 26.6 Å². The summed E-state index contributed by atoms with van der Waals surface area (Å²) in [5.74, 6) is -1.40. The van der Waals surface area contributed by atoms with Crippen molar-refractivity contribution in [3.8, 4) is 0 Å². The van der Waals surface area contributed by atoms with Gasteiger partial charge in [0.15, 0.2) is 0 Å². The summed E-state index contributed by atoms with van der Waals surface area (Å²) < 4.78 is 43.8. The molecular formula is C30H29FN2O3S. The van der Waals surface area contributed by atoms with Gasteiger partial charge in [-0.3, -0.25) is 4.79 Å². The summed E-state index contributed by atoms with van der Waals surface area (Å²) in [7, 11) is -4.26. The Kier molecular flexibility index (Phi) is 8.48. The van der Waals surface area contributed by atoms with Crippen LogP contribution in [0.2, 0.25) is 0 Å². The second-order valence-corrected chi connectivity index (χ2v) is 10.6. The fourth-order valence-electron chi connectivity index (χ4n) is 4.10. The second kappa shape index (κ2) is 12.0. The van der Waals surface area contributed by atoms with Gasteiger partial charge in [-0.25, -0.2) is 12.8 Å². The highest BCUT2D eigenvalue weighted by atomic mass is 32.2. The fraction of sp³-hybridized carbons (Fsp3) is 0.167. The third-order valence-electron chi connectivity index (χ3n) is 6.15. The highest BCUT2D eigenvalue weighted by Crippen LogP contribution is 2.24. The minimum Gasteiger partial charge on any atom is -0.322 e. The molecule has 0 spiro atoms. The third-order valence-corrected chi connectivity index (χ3v) is 8.01. The molecule has 1 N–H and O–H groups in total. The molecule has 0 atom stereocenters. The molecule has 0 saturated heterocycles. The number of nitrogens with one attached hydrogen (secondary N) is 1. The van der Waals surface area contributed by atoms with Gasteiger partial charge in [-0.15, -0.1) is 0 Å². The molecule has 4 aromatic carbocycles. The number of benzene rings is 4. The number of nitrogens with zero attached hydrogens (tertiary/aromatic N) is 1. The summed E-state index contributed by atoms with van der Waals surface area (Å²) in [5.41, 5.74) is 3.40. The van der Waals surface area contributed by atoms with Crippen LogP contribution >= 0.6 is 0 Å². The summed E-state index contributed by atoms with van der Waals surface area (Å²) in [6.45, 7) is 2.21. The molecule has 190 valence electrons. The molecule has 37 heavy (non-hydrogen) atoms. The third kappa shape index (κ3) is 6.50. The first-order valence-corrected chi connectivity index (χ1v) is 13.6. The first-order chi connectivity index (χ1) is 17.9. The van der Waals surface area contributed by atoms with Crippen LogP contribution in [-0.4, -0.2) is 25.2 Å². The van der Waals surface area contributed by atoms with E-state index >= 15 is 0 Å². The molecule has 0 aliphatic heterocycles. The summed E-state index contributed by atoms with van der Waals surface area (Å²) in [6.07, 6.45) is 1.18. The number of halogens is 1. The van der Waals surface area contributed by atoms with Crippen LogP contribution in [0.1, 0.15) is 34.0 Å². The molecule has 0 aliphatic carbocycles. The molecule has 4 aromatic rings. The van der Waals surface area contributed by atoms with Crippen molar-refractivity contribution in [2.24, 2.45) is 0 Å². The van der Waals surface area contributed by atoms with E-state index in [1.54, 1.807) is 6.07 Å². The van der Waals surface area contributed by atoms with Crippen molar-refractivity contribution in [3.05, 3.63) is 131 Å². The van der Waals surface area contributed by atoms with Crippen LogP contribution in [0.25, 0.3) is 0 Å². The quantitative estimate of drug-likeness (QED) is 0.278. The van der Waals surface area contributed by atoms with Crippen LogP contribution in [0.4, 0.5) is 10.1 Å². The second-order valence-electron chi connectivity index (χ2n) is 8.67. The highest BCUT2D eigenvalue weighted by molar-refractivity contribution is 7.89. The molecule has 1 amide bonds. The average molecular weight is 517 g/mol. The van der Waals surface area contributed by atoms with Crippen LogP contribution in [0, 0.1) is 5.82 Å². The van der Waals surface area contributed by atoms with Crippen LogP contribution in [-0.2, 0) is 29.4 Å². The van der Waals surface area contributed by atoms with Gasteiger partial charge in [-0.1, -0.05) is 85.8 Å². The minimum atomic E-state index is -4.26. The van der Waals surface area contributed by atoms with Gasteiger partial charge < -0.3 is 5.32 Å². The van der Waals surface area contributed by atoms with Gasteiger partial charge in [-0.05, 0) is 53.8 Å². The Morgan fingerprint density at radius 2 is 1.46 bits per heavy atom. The lowest BCUT2D eigenvalue weighted by Gasteiger charge is -2.23. The summed E-state index contributed by atoms with van der Waals surface area (Å²) in [5, 5.41) is 2.82. The molecule has 4 rings (SSSR count). The van der Waals surface area contributed by atoms with Crippen molar-refractivity contribution in [1.82, 2.24) is 4.31 Å². The fourth-order valence-corrected chi connectivity index (χ4v) is 5.62. The number of anilines is 1. The Labute approximate surface area is 217 Å². The van der Waals surface area contributed by atoms with E-state index in [1.165, 1.54) is 10.4 Å². The number of hydrogen-bond donors (Lipinski definition) is 1. The molecule has 0 fully saturated rings. The van der Waals surface area contributed by atoms with Gasteiger partial charge in [0.25, 0.3) is 5.91 Å². The van der Waals surface area contributed by atoms with Gasteiger partial charge in [0.2, 0.25) is 10.0 Å². The lowest BCUT2D eigenvalue weighted by atomic mass is 10.1. The number of para-hydroxylation sites is 1. The van der Waals surface area contributed by atoms with Gasteiger partial charge in [0.1, 0.15) is 10.7 Å². The largest absolute Gasteiger partial charge is 0.322 e. The monoisotopic (exact) mass is 516 g/mol. The van der Waals surface area contributed by atoms with E-state index in [0.717, 1.165) is 35.2 Å². The molecule has 0 aromatic heterocycles. The van der Waals surface area contributed by atoms with Crippen LogP contribution in [0.5, 0.6) is 0 Å². The molecule has 0 saturated carbocycles. The molecular weight excluding hydrogens is 487 g/mol. The van der Waals surface area contributed by atoms with Crippen molar-refractivity contribution in [2.45, 2.75) is 31.2 Å². The number of rotatable bonds is 10. The number of carbonyl (C=O) groups excluding carboxylic acids is 1. The molecule has 0 heterocycles. The van der Waals surface area contributed by atoms with Gasteiger partial charge in [0.05, 0.1) is 0 Å². The maximum Gasteiger partial charge on any atom is 0.255 e. The maximum absolute atomic E-state index is 15.0. The maximum atomic E-state index is 15.0. The number of carbonyl (C=O) groups is 1. The van der Waals surface area contributed by atoms with E-state index in [9.17, 15) is 17.6 Å². The molecule has 0 radical (unpaired) electrons. The van der Waals surface area contributed by atoms with Gasteiger partial charge >= 0.3 is 0 Å². The lowest BCUT2D eigenvalue weighted by Crippen LogP contribution is -2.33. The van der Waals surface area contributed by atoms with E-state index in [4.69, 9.17) is 0 Å². The van der Waals surface area contributed by atoms with E-state index in [2.05, 4.69) is 5.32 Å². The topological polar surface area (TPSA) is 66.5 Å². The Bertz CT molecular complexity index is 1460. The number of hydrogen-bond acceptors (Lipinski definition) is 3. The Balaban J connectivity index is 1.65. The standard InChI is InChI=1S/C30H29FN2O3S/c1-2-25-15-9-10-16-28(25)32-30(34)26-17-18-27(31)29(21-26)37(35,36)33(22-24-13-7-4-8-14-24)20-19-23-11-5-3-6-12-23/h3-18,21H,2,19-20,22H2,1H3,(H,32,34). The minimum absolute atomic E-state index is 0.0635. The van der Waals surface area contributed by atoms with Gasteiger partial charge in [-0.2, -0.15) is 4.31 Å². The van der Waals surface area contributed by atoms with Crippen LogP contribution in [0.15, 0.2) is 108 Å². The zero-order chi connectivity index (χ0) is 26.3.